The molecule has 1 atom stereocenters. The van der Waals surface area contributed by atoms with E-state index in [9.17, 15) is 8.42 Å². The standard InChI is InChI=1S/C11H17NO2S/c1-9(2)15(13,14)11(8-12)10-6-4-3-5-7-10/h6,9,11H,3-5,7H2,1-2H3. The van der Waals surface area contributed by atoms with Crippen molar-refractivity contribution in [2.24, 2.45) is 0 Å². The molecule has 0 N–H and O–H groups in total. The Morgan fingerprint density at radius 3 is 2.47 bits per heavy atom. The van der Waals surface area contributed by atoms with Gasteiger partial charge in [-0.3, -0.25) is 0 Å². The Labute approximate surface area is 91.7 Å². The maximum atomic E-state index is 11.9. The van der Waals surface area contributed by atoms with Crippen molar-refractivity contribution in [1.29, 1.82) is 5.26 Å². The fourth-order valence-corrected chi connectivity index (χ4v) is 3.07. The number of allylic oxidation sites excluding steroid dienone is 1. The van der Waals surface area contributed by atoms with Gasteiger partial charge in [-0.1, -0.05) is 6.08 Å². The van der Waals surface area contributed by atoms with Crippen LogP contribution < -0.4 is 0 Å². The van der Waals surface area contributed by atoms with Crippen molar-refractivity contribution >= 4 is 9.84 Å². The molecule has 0 amide bonds. The SMILES string of the molecule is CC(C)S(=O)(=O)C(C#N)C1=CCCCC1. The maximum absolute atomic E-state index is 11.9. The van der Waals surface area contributed by atoms with Crippen LogP contribution in [0, 0.1) is 11.3 Å². The van der Waals surface area contributed by atoms with E-state index < -0.39 is 20.3 Å². The Balaban J connectivity index is 3.00. The highest BCUT2D eigenvalue weighted by atomic mass is 32.2. The van der Waals surface area contributed by atoms with Gasteiger partial charge in [0, 0.05) is 0 Å². The molecule has 0 spiro atoms. The molecule has 0 aliphatic heterocycles. The molecule has 0 fully saturated rings. The highest BCUT2D eigenvalue weighted by Gasteiger charge is 2.31. The molecule has 0 radical (unpaired) electrons. The van der Waals surface area contributed by atoms with Gasteiger partial charge in [0.1, 0.15) is 0 Å². The minimum atomic E-state index is -3.32. The van der Waals surface area contributed by atoms with Gasteiger partial charge in [0.15, 0.2) is 15.1 Å². The van der Waals surface area contributed by atoms with Crippen LogP contribution in [0.15, 0.2) is 11.6 Å². The molecule has 1 unspecified atom stereocenters. The van der Waals surface area contributed by atoms with Crippen molar-refractivity contribution in [3.05, 3.63) is 11.6 Å². The normalized spacial score (nSPS) is 19.5. The first-order chi connectivity index (χ1) is 7.00. The fourth-order valence-electron chi connectivity index (χ4n) is 1.74. The summed E-state index contributed by atoms with van der Waals surface area (Å²) in [4.78, 5) is 0. The van der Waals surface area contributed by atoms with Crippen LogP contribution in [-0.4, -0.2) is 18.9 Å². The second-order valence-corrected chi connectivity index (χ2v) is 6.76. The van der Waals surface area contributed by atoms with Crippen LogP contribution in [-0.2, 0) is 9.84 Å². The number of hydrogen-bond donors (Lipinski definition) is 0. The fraction of sp³-hybridized carbons (Fsp3) is 0.727. The van der Waals surface area contributed by atoms with E-state index in [2.05, 4.69) is 0 Å². The number of nitriles is 1. The smallest absolute Gasteiger partial charge is 0.172 e. The Hall–Kier alpha value is -0.820. The zero-order chi connectivity index (χ0) is 11.5. The molecule has 0 saturated carbocycles. The summed E-state index contributed by atoms with van der Waals surface area (Å²) in [5.74, 6) is 0. The average Bonchev–Trinajstić information content (AvgIpc) is 2.19. The predicted molar refractivity (Wildman–Crippen MR) is 60.0 cm³/mol. The zero-order valence-corrected chi connectivity index (χ0v) is 10.0. The first-order valence-corrected chi connectivity index (χ1v) is 6.92. The largest absolute Gasteiger partial charge is 0.227 e. The number of sulfone groups is 1. The molecule has 15 heavy (non-hydrogen) atoms. The third-order valence-electron chi connectivity index (χ3n) is 2.77. The Morgan fingerprint density at radius 2 is 2.07 bits per heavy atom. The number of nitrogens with zero attached hydrogens (tertiary/aromatic N) is 1. The minimum absolute atomic E-state index is 0.482. The zero-order valence-electron chi connectivity index (χ0n) is 9.23. The quantitative estimate of drug-likeness (QED) is 0.694. The van der Waals surface area contributed by atoms with E-state index >= 15 is 0 Å². The van der Waals surface area contributed by atoms with Gasteiger partial charge in [-0.2, -0.15) is 5.26 Å². The van der Waals surface area contributed by atoms with Gasteiger partial charge in [-0.15, -0.1) is 0 Å². The summed E-state index contributed by atoms with van der Waals surface area (Å²) in [7, 11) is -3.32. The van der Waals surface area contributed by atoms with E-state index in [1.54, 1.807) is 13.8 Å². The molecule has 1 aliphatic rings. The molecule has 0 saturated heterocycles. The van der Waals surface area contributed by atoms with Crippen molar-refractivity contribution < 1.29 is 8.42 Å². The molecule has 3 nitrogen and oxygen atoms in total. The maximum Gasteiger partial charge on any atom is 0.172 e. The minimum Gasteiger partial charge on any atom is -0.227 e. The van der Waals surface area contributed by atoms with Gasteiger partial charge in [0.2, 0.25) is 0 Å². The predicted octanol–water partition coefficient (Wildman–Crippen LogP) is 2.20. The first-order valence-electron chi connectivity index (χ1n) is 5.31. The summed E-state index contributed by atoms with van der Waals surface area (Å²) >= 11 is 0. The Kier molecular flexibility index (Phi) is 3.92. The van der Waals surface area contributed by atoms with Crippen LogP contribution >= 0.6 is 0 Å². The lowest BCUT2D eigenvalue weighted by molar-refractivity contribution is 0.580. The summed E-state index contributed by atoms with van der Waals surface area (Å²) in [6.45, 7) is 3.26. The van der Waals surface area contributed by atoms with Gasteiger partial charge in [-0.05, 0) is 45.1 Å². The van der Waals surface area contributed by atoms with Gasteiger partial charge in [-0.25, -0.2) is 8.42 Å². The van der Waals surface area contributed by atoms with Gasteiger partial charge >= 0.3 is 0 Å². The second kappa shape index (κ2) is 4.80. The topological polar surface area (TPSA) is 57.9 Å². The van der Waals surface area contributed by atoms with E-state index in [0.717, 1.165) is 31.3 Å². The number of rotatable bonds is 3. The Bertz CT molecular complexity index is 387. The lowest BCUT2D eigenvalue weighted by atomic mass is 9.97. The molecule has 1 rings (SSSR count). The average molecular weight is 227 g/mol. The van der Waals surface area contributed by atoms with Crippen molar-refractivity contribution in [3.63, 3.8) is 0 Å². The van der Waals surface area contributed by atoms with Crippen LogP contribution in [0.4, 0.5) is 0 Å². The summed E-state index contributed by atoms with van der Waals surface area (Å²) in [6, 6.07) is 1.94. The van der Waals surface area contributed by atoms with Gasteiger partial charge in [0.25, 0.3) is 0 Å². The first kappa shape index (κ1) is 12.3. The van der Waals surface area contributed by atoms with Gasteiger partial charge in [0.05, 0.1) is 11.3 Å². The third kappa shape index (κ3) is 2.60. The van der Waals surface area contributed by atoms with Crippen LogP contribution in [0.1, 0.15) is 39.5 Å². The van der Waals surface area contributed by atoms with E-state index in [4.69, 9.17) is 5.26 Å². The Morgan fingerprint density at radius 1 is 1.40 bits per heavy atom. The molecular weight excluding hydrogens is 210 g/mol. The van der Waals surface area contributed by atoms with E-state index in [1.807, 2.05) is 12.1 Å². The monoisotopic (exact) mass is 227 g/mol. The van der Waals surface area contributed by atoms with Gasteiger partial charge < -0.3 is 0 Å². The highest BCUT2D eigenvalue weighted by molar-refractivity contribution is 7.93. The lowest BCUT2D eigenvalue weighted by Crippen LogP contribution is -2.29. The molecular formula is C11H17NO2S. The molecule has 1 aliphatic carbocycles. The van der Waals surface area contributed by atoms with Crippen LogP contribution in [0.3, 0.4) is 0 Å². The summed E-state index contributed by atoms with van der Waals surface area (Å²) in [5.41, 5.74) is 0.803. The van der Waals surface area contributed by atoms with E-state index in [0.29, 0.717) is 0 Å². The van der Waals surface area contributed by atoms with Crippen molar-refractivity contribution in [1.82, 2.24) is 0 Å². The van der Waals surface area contributed by atoms with E-state index in [1.165, 1.54) is 0 Å². The summed E-state index contributed by atoms with van der Waals surface area (Å²) in [6.07, 6.45) is 5.68. The van der Waals surface area contributed by atoms with Crippen LogP contribution in [0.2, 0.25) is 0 Å². The van der Waals surface area contributed by atoms with Crippen molar-refractivity contribution in [3.8, 4) is 6.07 Å². The number of hydrogen-bond acceptors (Lipinski definition) is 3. The second-order valence-electron chi connectivity index (χ2n) is 4.17. The third-order valence-corrected chi connectivity index (χ3v) is 5.15. The molecule has 0 bridgehead atoms. The summed E-state index contributed by atoms with van der Waals surface area (Å²) in [5, 5.41) is 7.59. The van der Waals surface area contributed by atoms with Crippen LogP contribution in [0.5, 0.6) is 0 Å². The molecule has 0 aromatic heterocycles. The van der Waals surface area contributed by atoms with Crippen LogP contribution in [0.25, 0.3) is 0 Å². The molecule has 0 aromatic carbocycles. The lowest BCUT2D eigenvalue weighted by Gasteiger charge is -2.19. The molecule has 84 valence electrons. The summed E-state index contributed by atoms with van der Waals surface area (Å²) < 4.78 is 23.8. The van der Waals surface area contributed by atoms with Crippen molar-refractivity contribution in [2.45, 2.75) is 50.0 Å². The molecule has 0 heterocycles. The van der Waals surface area contributed by atoms with E-state index in [-0.39, 0.29) is 0 Å². The van der Waals surface area contributed by atoms with Crippen molar-refractivity contribution in [2.75, 3.05) is 0 Å². The highest BCUT2D eigenvalue weighted by Crippen LogP contribution is 2.25. The molecule has 4 heteroatoms. The molecule has 0 aromatic rings.